The molecule has 7 nitrogen and oxygen atoms in total. The third kappa shape index (κ3) is 3.73. The lowest BCUT2D eigenvalue weighted by Crippen LogP contribution is -2.41. The van der Waals surface area contributed by atoms with E-state index in [1.165, 1.54) is 42.5 Å². The fraction of sp³-hybridized carbons (Fsp3) is 0.176. The van der Waals surface area contributed by atoms with Crippen LogP contribution in [0.2, 0.25) is 0 Å². The zero-order valence-corrected chi connectivity index (χ0v) is 14.4. The molecule has 1 saturated heterocycles. The van der Waals surface area contributed by atoms with Crippen LogP contribution in [0.4, 0.5) is 10.1 Å². The monoisotopic (exact) mass is 377 g/mol. The summed E-state index contributed by atoms with van der Waals surface area (Å²) < 4.78 is 38.0. The molecule has 1 aliphatic rings. The minimum Gasteiger partial charge on any atom is -0.312 e. The molecule has 0 unspecified atom stereocenters. The molecule has 1 heterocycles. The van der Waals surface area contributed by atoms with Crippen LogP contribution in [0.25, 0.3) is 0 Å². The van der Waals surface area contributed by atoms with Crippen molar-refractivity contribution in [2.24, 2.45) is 0 Å². The van der Waals surface area contributed by atoms with Crippen molar-refractivity contribution < 1.29 is 22.4 Å². The molecule has 2 aromatic carbocycles. The standard InChI is InChI=1S/C17H16FN3O4S/c18-15-5-2-1-4-14(15)17(23)19-20-26(24,25)13-9-7-12(8-10-13)21-11-3-6-16(21)22/h1-2,4-5,7-10,20H,3,6,11H2,(H,19,23). The molecule has 3 rings (SSSR count). The van der Waals surface area contributed by atoms with Gasteiger partial charge in [-0.15, -0.1) is 4.83 Å². The maximum atomic E-state index is 13.5. The minimum absolute atomic E-state index is 0.00381. The van der Waals surface area contributed by atoms with Gasteiger partial charge in [0.2, 0.25) is 5.91 Å². The molecular formula is C17H16FN3O4S. The average molecular weight is 377 g/mol. The molecule has 0 radical (unpaired) electrons. The summed E-state index contributed by atoms with van der Waals surface area (Å²) in [6.45, 7) is 0.599. The molecule has 0 atom stereocenters. The number of benzene rings is 2. The summed E-state index contributed by atoms with van der Waals surface area (Å²) in [5, 5.41) is 0. The Kier molecular flexibility index (Phi) is 5.01. The highest BCUT2D eigenvalue weighted by molar-refractivity contribution is 7.89. The minimum atomic E-state index is -4.04. The van der Waals surface area contributed by atoms with Gasteiger partial charge in [0.25, 0.3) is 15.9 Å². The Morgan fingerprint density at radius 3 is 2.38 bits per heavy atom. The number of nitrogens with one attached hydrogen (secondary N) is 2. The van der Waals surface area contributed by atoms with Gasteiger partial charge in [0.15, 0.2) is 0 Å². The lowest BCUT2D eigenvalue weighted by Gasteiger charge is -2.16. The van der Waals surface area contributed by atoms with Crippen molar-refractivity contribution in [2.45, 2.75) is 17.7 Å². The highest BCUT2D eigenvalue weighted by Gasteiger charge is 2.23. The van der Waals surface area contributed by atoms with Crippen LogP contribution in [-0.4, -0.2) is 26.8 Å². The Bertz CT molecular complexity index is 945. The zero-order chi connectivity index (χ0) is 18.7. The predicted octanol–water partition coefficient (Wildman–Crippen LogP) is 1.58. The molecule has 2 aromatic rings. The fourth-order valence-corrected chi connectivity index (χ4v) is 3.45. The zero-order valence-electron chi connectivity index (χ0n) is 13.6. The van der Waals surface area contributed by atoms with Gasteiger partial charge in [0, 0.05) is 18.7 Å². The topological polar surface area (TPSA) is 95.6 Å². The second-order valence-electron chi connectivity index (χ2n) is 5.68. The number of nitrogens with zero attached hydrogens (tertiary/aromatic N) is 1. The number of hydrogen-bond acceptors (Lipinski definition) is 4. The molecule has 136 valence electrons. The third-order valence-electron chi connectivity index (χ3n) is 3.95. The summed E-state index contributed by atoms with van der Waals surface area (Å²) in [4.78, 5) is 27.0. The lowest BCUT2D eigenvalue weighted by molar-refractivity contribution is -0.117. The van der Waals surface area contributed by atoms with E-state index in [1.807, 2.05) is 10.3 Å². The SMILES string of the molecule is O=C(NNS(=O)(=O)c1ccc(N2CCCC2=O)cc1)c1ccccc1F. The first-order chi connectivity index (χ1) is 12.4. The molecule has 9 heteroatoms. The van der Waals surface area contributed by atoms with Crippen molar-refractivity contribution in [2.75, 3.05) is 11.4 Å². The van der Waals surface area contributed by atoms with Crippen molar-refractivity contribution in [3.8, 4) is 0 Å². The molecule has 2 N–H and O–H groups in total. The van der Waals surface area contributed by atoms with Crippen LogP contribution in [0.15, 0.2) is 53.4 Å². The Labute approximate surface area is 149 Å². The van der Waals surface area contributed by atoms with Crippen molar-refractivity contribution in [1.29, 1.82) is 0 Å². The molecule has 26 heavy (non-hydrogen) atoms. The molecule has 1 fully saturated rings. The smallest absolute Gasteiger partial charge is 0.269 e. The third-order valence-corrected chi connectivity index (χ3v) is 5.21. The van der Waals surface area contributed by atoms with Gasteiger partial charge in [-0.3, -0.25) is 15.0 Å². The van der Waals surface area contributed by atoms with Crippen molar-refractivity contribution in [3.63, 3.8) is 0 Å². The van der Waals surface area contributed by atoms with Gasteiger partial charge in [-0.1, -0.05) is 12.1 Å². The molecule has 2 amide bonds. The highest BCUT2D eigenvalue weighted by atomic mass is 32.2. The largest absolute Gasteiger partial charge is 0.312 e. The number of hydrogen-bond donors (Lipinski definition) is 2. The van der Waals surface area contributed by atoms with E-state index >= 15 is 0 Å². The number of carbonyl (C=O) groups is 2. The fourth-order valence-electron chi connectivity index (χ4n) is 2.61. The summed E-state index contributed by atoms with van der Waals surface area (Å²) in [5.74, 6) is -1.68. The first-order valence-corrected chi connectivity index (χ1v) is 9.34. The van der Waals surface area contributed by atoms with E-state index in [1.54, 1.807) is 4.90 Å². The van der Waals surface area contributed by atoms with E-state index in [-0.39, 0.29) is 16.4 Å². The normalized spacial score (nSPS) is 14.5. The van der Waals surface area contributed by atoms with Gasteiger partial charge in [-0.05, 0) is 42.8 Å². The maximum Gasteiger partial charge on any atom is 0.269 e. The molecule has 0 saturated carbocycles. The predicted molar refractivity (Wildman–Crippen MR) is 92.2 cm³/mol. The van der Waals surface area contributed by atoms with Crippen LogP contribution in [0.3, 0.4) is 0 Å². The quantitative estimate of drug-likeness (QED) is 0.774. The summed E-state index contributed by atoms with van der Waals surface area (Å²) in [6, 6.07) is 10.9. The van der Waals surface area contributed by atoms with E-state index in [4.69, 9.17) is 0 Å². The number of hydrazine groups is 1. The van der Waals surface area contributed by atoms with Crippen LogP contribution in [0.1, 0.15) is 23.2 Å². The summed E-state index contributed by atoms with van der Waals surface area (Å²) in [5.41, 5.74) is 2.31. The van der Waals surface area contributed by atoms with Gasteiger partial charge >= 0.3 is 0 Å². The van der Waals surface area contributed by atoms with Crippen LogP contribution in [0.5, 0.6) is 0 Å². The van der Waals surface area contributed by atoms with Gasteiger partial charge in [-0.2, -0.15) is 0 Å². The summed E-state index contributed by atoms with van der Waals surface area (Å²) >= 11 is 0. The number of carbonyl (C=O) groups excluding carboxylic acids is 2. The molecule has 0 spiro atoms. The van der Waals surface area contributed by atoms with Crippen LogP contribution >= 0.6 is 0 Å². The number of halogens is 1. The van der Waals surface area contributed by atoms with Gasteiger partial charge in [0.1, 0.15) is 5.82 Å². The van der Waals surface area contributed by atoms with E-state index in [0.717, 1.165) is 12.5 Å². The van der Waals surface area contributed by atoms with Crippen LogP contribution in [0, 0.1) is 5.82 Å². The highest BCUT2D eigenvalue weighted by Crippen LogP contribution is 2.22. The Morgan fingerprint density at radius 2 is 1.77 bits per heavy atom. The molecular weight excluding hydrogens is 361 g/mol. The Hall–Kier alpha value is -2.78. The second-order valence-corrected chi connectivity index (χ2v) is 7.36. The molecule has 0 aromatic heterocycles. The van der Waals surface area contributed by atoms with Gasteiger partial charge in [0.05, 0.1) is 10.5 Å². The lowest BCUT2D eigenvalue weighted by atomic mass is 10.2. The Balaban J connectivity index is 1.69. The van der Waals surface area contributed by atoms with E-state index < -0.39 is 21.7 Å². The number of sulfonamides is 1. The first kappa shape index (κ1) is 18.0. The summed E-state index contributed by atoms with van der Waals surface area (Å²) in [6.07, 6.45) is 1.24. The Morgan fingerprint density at radius 1 is 1.08 bits per heavy atom. The maximum absolute atomic E-state index is 13.5. The first-order valence-electron chi connectivity index (χ1n) is 7.85. The van der Waals surface area contributed by atoms with E-state index in [2.05, 4.69) is 0 Å². The van der Waals surface area contributed by atoms with Crippen molar-refractivity contribution in [3.05, 3.63) is 59.9 Å². The number of rotatable bonds is 5. The molecule has 0 bridgehead atoms. The van der Waals surface area contributed by atoms with E-state index in [0.29, 0.717) is 18.7 Å². The summed E-state index contributed by atoms with van der Waals surface area (Å²) in [7, 11) is -4.04. The molecule has 0 aliphatic carbocycles. The van der Waals surface area contributed by atoms with Crippen LogP contribution < -0.4 is 15.2 Å². The van der Waals surface area contributed by atoms with Crippen molar-refractivity contribution >= 4 is 27.5 Å². The second kappa shape index (κ2) is 7.22. The van der Waals surface area contributed by atoms with E-state index in [9.17, 15) is 22.4 Å². The van der Waals surface area contributed by atoms with Gasteiger partial charge < -0.3 is 4.90 Å². The van der Waals surface area contributed by atoms with Crippen molar-refractivity contribution in [1.82, 2.24) is 10.3 Å². The number of anilines is 1. The molecule has 1 aliphatic heterocycles. The van der Waals surface area contributed by atoms with Gasteiger partial charge in [-0.25, -0.2) is 12.8 Å². The number of amides is 2. The van der Waals surface area contributed by atoms with Crippen LogP contribution in [-0.2, 0) is 14.8 Å². The average Bonchev–Trinajstić information content (AvgIpc) is 3.06.